The summed E-state index contributed by atoms with van der Waals surface area (Å²) in [5, 5.41) is 7.89. The minimum absolute atomic E-state index is 0.0510. The van der Waals surface area contributed by atoms with Crippen LogP contribution in [-0.4, -0.2) is 53.6 Å². The highest BCUT2D eigenvalue weighted by Gasteiger charge is 2.39. The third kappa shape index (κ3) is 4.15. The van der Waals surface area contributed by atoms with Crippen LogP contribution in [-0.2, 0) is 10.0 Å². The molecule has 1 saturated heterocycles. The van der Waals surface area contributed by atoms with Crippen molar-refractivity contribution in [3.63, 3.8) is 0 Å². The van der Waals surface area contributed by atoms with Crippen molar-refractivity contribution >= 4 is 27.1 Å². The first-order chi connectivity index (χ1) is 14.6. The summed E-state index contributed by atoms with van der Waals surface area (Å²) >= 11 is 0. The third-order valence-electron chi connectivity index (χ3n) is 5.99. The Morgan fingerprint density at radius 3 is 2.55 bits per heavy atom. The number of rotatable bonds is 5. The Labute approximate surface area is 182 Å². The number of carbonyl (C=O) groups excluding carboxylic acids is 1. The van der Waals surface area contributed by atoms with E-state index >= 15 is 0 Å². The van der Waals surface area contributed by atoms with E-state index in [9.17, 15) is 13.2 Å². The number of sulfonamides is 1. The lowest BCUT2D eigenvalue weighted by molar-refractivity contribution is 0.1000. The van der Waals surface area contributed by atoms with Crippen LogP contribution in [0.4, 0.5) is 5.69 Å². The van der Waals surface area contributed by atoms with Crippen LogP contribution < -0.4 is 11.1 Å². The molecular formula is C22H27N5O3S. The van der Waals surface area contributed by atoms with Gasteiger partial charge in [0.2, 0.25) is 10.0 Å². The number of fused-ring (bicyclic) bond motifs is 1. The van der Waals surface area contributed by atoms with Crippen molar-refractivity contribution in [2.75, 3.05) is 24.7 Å². The van der Waals surface area contributed by atoms with Crippen molar-refractivity contribution in [3.8, 4) is 11.1 Å². The quantitative estimate of drug-likeness (QED) is 0.632. The summed E-state index contributed by atoms with van der Waals surface area (Å²) in [4.78, 5) is 12.2. The molecule has 0 saturated carbocycles. The van der Waals surface area contributed by atoms with Gasteiger partial charge in [0, 0.05) is 30.9 Å². The predicted octanol–water partition coefficient (Wildman–Crippen LogP) is 2.57. The Kier molecular flexibility index (Phi) is 5.26. The Bertz CT molecular complexity index is 1230. The van der Waals surface area contributed by atoms with Gasteiger partial charge in [-0.15, -0.1) is 0 Å². The summed E-state index contributed by atoms with van der Waals surface area (Å²) in [6.45, 7) is 4.87. The molecule has 1 amide bonds. The van der Waals surface area contributed by atoms with Gasteiger partial charge in [0.1, 0.15) is 0 Å². The number of nitrogens with two attached hydrogens (primary N) is 1. The molecule has 1 fully saturated rings. The second kappa shape index (κ2) is 7.65. The van der Waals surface area contributed by atoms with Gasteiger partial charge < -0.3 is 11.1 Å². The van der Waals surface area contributed by atoms with Crippen molar-refractivity contribution < 1.29 is 13.2 Å². The van der Waals surface area contributed by atoms with E-state index in [1.807, 2.05) is 56.4 Å². The number of nitrogens with one attached hydrogen (secondary N) is 1. The van der Waals surface area contributed by atoms with Crippen molar-refractivity contribution in [1.29, 1.82) is 0 Å². The molecule has 9 heteroatoms. The first kappa shape index (κ1) is 21.3. The first-order valence-corrected chi connectivity index (χ1v) is 12.0. The molecule has 0 aliphatic carbocycles. The normalized spacial score (nSPS) is 19.4. The lowest BCUT2D eigenvalue weighted by atomic mass is 9.79. The maximum Gasteiger partial charge on any atom is 0.252 e. The second-order valence-corrected chi connectivity index (χ2v) is 10.8. The van der Waals surface area contributed by atoms with Crippen LogP contribution in [0.3, 0.4) is 0 Å². The average Bonchev–Trinajstić information content (AvgIpc) is 3.14. The van der Waals surface area contributed by atoms with E-state index in [1.165, 1.54) is 16.8 Å². The van der Waals surface area contributed by atoms with Crippen LogP contribution in [0.15, 0.2) is 48.8 Å². The Morgan fingerprint density at radius 2 is 1.94 bits per heavy atom. The molecule has 164 valence electrons. The monoisotopic (exact) mass is 441 g/mol. The van der Waals surface area contributed by atoms with Gasteiger partial charge in [-0.1, -0.05) is 44.2 Å². The van der Waals surface area contributed by atoms with Gasteiger partial charge in [0.05, 0.1) is 29.2 Å². The van der Waals surface area contributed by atoms with Crippen molar-refractivity contribution in [2.24, 2.45) is 11.1 Å². The molecule has 0 bridgehead atoms. The second-order valence-electron chi connectivity index (χ2n) is 8.79. The topological polar surface area (TPSA) is 110 Å². The van der Waals surface area contributed by atoms with Gasteiger partial charge in [-0.2, -0.15) is 5.10 Å². The zero-order valence-electron chi connectivity index (χ0n) is 17.9. The number of aromatic nitrogens is 2. The lowest BCUT2D eigenvalue weighted by Gasteiger charge is -2.44. The van der Waals surface area contributed by atoms with E-state index in [1.54, 1.807) is 4.52 Å². The molecular weight excluding hydrogens is 414 g/mol. The largest absolute Gasteiger partial charge is 0.379 e. The maximum atomic E-state index is 12.2. The van der Waals surface area contributed by atoms with Gasteiger partial charge in [-0.05, 0) is 23.5 Å². The molecule has 1 aliphatic heterocycles. The number of benzene rings is 1. The van der Waals surface area contributed by atoms with Crippen LogP contribution in [0.5, 0.6) is 0 Å². The zero-order chi connectivity index (χ0) is 22.4. The van der Waals surface area contributed by atoms with E-state index in [0.717, 1.165) is 16.6 Å². The molecule has 8 nitrogen and oxygen atoms in total. The van der Waals surface area contributed by atoms with Crippen LogP contribution in [0, 0.1) is 5.41 Å². The molecule has 2 aromatic heterocycles. The molecule has 1 aliphatic rings. The molecule has 0 spiro atoms. The Morgan fingerprint density at radius 1 is 1.23 bits per heavy atom. The Balaban J connectivity index is 1.75. The summed E-state index contributed by atoms with van der Waals surface area (Å²) in [6, 6.07) is 11.9. The number of primary amides is 1. The van der Waals surface area contributed by atoms with E-state index in [-0.39, 0.29) is 11.5 Å². The van der Waals surface area contributed by atoms with Crippen LogP contribution in [0.2, 0.25) is 0 Å². The van der Waals surface area contributed by atoms with E-state index in [4.69, 9.17) is 5.73 Å². The summed E-state index contributed by atoms with van der Waals surface area (Å²) < 4.78 is 27.3. The SMILES string of the molecule is CC1(C)CN(S(C)(=O)=O)CCC1Nc1c(C(N)=O)cnn2cc(-c3ccccc3)cc12. The number of carbonyl (C=O) groups is 1. The van der Waals surface area contributed by atoms with Gasteiger partial charge in [0.15, 0.2) is 0 Å². The predicted molar refractivity (Wildman–Crippen MR) is 121 cm³/mol. The van der Waals surface area contributed by atoms with E-state index in [2.05, 4.69) is 10.4 Å². The first-order valence-electron chi connectivity index (χ1n) is 10.1. The summed E-state index contributed by atoms with van der Waals surface area (Å²) in [6.07, 6.45) is 5.24. The van der Waals surface area contributed by atoms with Gasteiger partial charge >= 0.3 is 0 Å². The standard InChI is InChI=1S/C22H27N5O3S/c1-22(2)14-26(31(3,29)30)10-9-19(22)25-20-17(21(23)28)12-24-27-13-16(11-18(20)27)15-7-5-4-6-8-15/h4-8,11-13,19,25H,9-10,14H2,1-3H3,(H2,23,28). The average molecular weight is 442 g/mol. The summed E-state index contributed by atoms with van der Waals surface area (Å²) in [5.41, 5.74) is 9.00. The molecule has 3 aromatic rings. The highest BCUT2D eigenvalue weighted by molar-refractivity contribution is 7.88. The molecule has 1 atom stereocenters. The Hall–Kier alpha value is -2.91. The van der Waals surface area contributed by atoms with Crippen LogP contribution in [0.1, 0.15) is 30.6 Å². The van der Waals surface area contributed by atoms with Gasteiger partial charge in [-0.25, -0.2) is 17.2 Å². The van der Waals surface area contributed by atoms with E-state index < -0.39 is 15.9 Å². The smallest absolute Gasteiger partial charge is 0.252 e. The fourth-order valence-corrected chi connectivity index (χ4v) is 5.22. The molecule has 3 heterocycles. The fraction of sp³-hybridized carbons (Fsp3) is 0.364. The van der Waals surface area contributed by atoms with Crippen LogP contribution >= 0.6 is 0 Å². The number of anilines is 1. The molecule has 3 N–H and O–H groups in total. The van der Waals surface area contributed by atoms with Crippen molar-refractivity contribution in [1.82, 2.24) is 13.9 Å². The van der Waals surface area contributed by atoms with Crippen LogP contribution in [0.25, 0.3) is 16.6 Å². The van der Waals surface area contributed by atoms with Gasteiger partial charge in [-0.3, -0.25) is 4.79 Å². The number of piperidine rings is 1. The fourth-order valence-electron chi connectivity index (χ4n) is 4.22. The maximum absolute atomic E-state index is 12.2. The number of hydrogen-bond donors (Lipinski definition) is 2. The summed E-state index contributed by atoms with van der Waals surface area (Å²) in [7, 11) is -3.26. The van der Waals surface area contributed by atoms with E-state index in [0.29, 0.717) is 30.8 Å². The molecule has 1 unspecified atom stereocenters. The van der Waals surface area contributed by atoms with Crippen molar-refractivity contribution in [2.45, 2.75) is 26.3 Å². The molecule has 4 rings (SSSR count). The lowest BCUT2D eigenvalue weighted by Crippen LogP contribution is -2.53. The zero-order valence-corrected chi connectivity index (χ0v) is 18.7. The molecule has 31 heavy (non-hydrogen) atoms. The minimum atomic E-state index is -3.26. The summed E-state index contributed by atoms with van der Waals surface area (Å²) in [5.74, 6) is -0.564. The highest BCUT2D eigenvalue weighted by atomic mass is 32.2. The van der Waals surface area contributed by atoms with Gasteiger partial charge in [0.25, 0.3) is 5.91 Å². The number of amides is 1. The highest BCUT2D eigenvalue weighted by Crippen LogP contribution is 2.35. The third-order valence-corrected chi connectivity index (χ3v) is 7.24. The van der Waals surface area contributed by atoms with Crippen molar-refractivity contribution in [3.05, 3.63) is 54.4 Å². The number of nitrogens with zero attached hydrogens (tertiary/aromatic N) is 3. The molecule has 1 aromatic carbocycles. The number of hydrogen-bond acceptors (Lipinski definition) is 5. The molecule has 0 radical (unpaired) electrons. The minimum Gasteiger partial charge on any atom is -0.379 e.